The number of halogens is 1. The van der Waals surface area contributed by atoms with E-state index >= 15 is 0 Å². The molecule has 2 aromatic carbocycles. The predicted octanol–water partition coefficient (Wildman–Crippen LogP) is 4.31. The average molecular weight is 418 g/mol. The number of benzene rings is 2. The Morgan fingerprint density at radius 1 is 1.13 bits per heavy atom. The molecule has 1 aliphatic heterocycles. The van der Waals surface area contributed by atoms with Gasteiger partial charge in [0, 0.05) is 31.2 Å². The normalized spacial score (nSPS) is 16.7. The first-order valence-electron chi connectivity index (χ1n) is 10.6. The van der Waals surface area contributed by atoms with E-state index in [9.17, 15) is 9.18 Å². The van der Waals surface area contributed by atoms with Crippen molar-refractivity contribution in [2.75, 3.05) is 13.1 Å². The van der Waals surface area contributed by atoms with Crippen molar-refractivity contribution < 1.29 is 13.7 Å². The Morgan fingerprint density at radius 2 is 1.97 bits per heavy atom. The molecule has 0 saturated carbocycles. The maximum atomic E-state index is 14.0. The third-order valence-electron chi connectivity index (χ3n) is 5.90. The Kier molecular flexibility index (Phi) is 5.24. The van der Waals surface area contributed by atoms with Crippen LogP contribution in [0.3, 0.4) is 0 Å². The summed E-state index contributed by atoms with van der Waals surface area (Å²) >= 11 is 0. The summed E-state index contributed by atoms with van der Waals surface area (Å²) in [4.78, 5) is 19.2. The number of piperidine rings is 1. The van der Waals surface area contributed by atoms with Gasteiger partial charge in [-0.1, -0.05) is 35.5 Å². The molecule has 1 amide bonds. The van der Waals surface area contributed by atoms with Crippen LogP contribution < -0.4 is 0 Å². The number of nitrogens with zero attached hydrogens (tertiary/aromatic N) is 4. The second-order valence-corrected chi connectivity index (χ2v) is 8.05. The van der Waals surface area contributed by atoms with Gasteiger partial charge in [-0.3, -0.25) is 4.79 Å². The highest BCUT2D eigenvalue weighted by Crippen LogP contribution is 2.24. The van der Waals surface area contributed by atoms with E-state index in [1.165, 1.54) is 6.07 Å². The van der Waals surface area contributed by atoms with Crippen molar-refractivity contribution >= 4 is 16.8 Å². The lowest BCUT2D eigenvalue weighted by molar-refractivity contribution is -0.133. The minimum atomic E-state index is -0.373. The van der Waals surface area contributed by atoms with Crippen LogP contribution in [0.15, 0.2) is 65.3 Å². The number of hydrogen-bond donors (Lipinski definition) is 0. The molecule has 0 aliphatic carbocycles. The summed E-state index contributed by atoms with van der Waals surface area (Å²) in [6, 6.07) is 16.5. The van der Waals surface area contributed by atoms with Gasteiger partial charge in [-0.2, -0.15) is 4.98 Å². The van der Waals surface area contributed by atoms with Crippen LogP contribution in [0.2, 0.25) is 0 Å². The summed E-state index contributed by atoms with van der Waals surface area (Å²) < 4.78 is 21.3. The molecule has 158 valence electrons. The lowest BCUT2D eigenvalue weighted by atomic mass is 9.94. The van der Waals surface area contributed by atoms with Gasteiger partial charge in [0.25, 0.3) is 0 Å². The Bertz CT molecular complexity index is 1220. The zero-order valence-corrected chi connectivity index (χ0v) is 17.1. The van der Waals surface area contributed by atoms with Crippen molar-refractivity contribution in [2.24, 2.45) is 5.92 Å². The fourth-order valence-corrected chi connectivity index (χ4v) is 4.32. The highest BCUT2D eigenvalue weighted by molar-refractivity contribution is 5.83. The van der Waals surface area contributed by atoms with E-state index in [2.05, 4.69) is 10.1 Å². The second-order valence-electron chi connectivity index (χ2n) is 8.05. The minimum absolute atomic E-state index is 0.114. The highest BCUT2D eigenvalue weighted by atomic mass is 19.1. The SMILES string of the molecule is O=C(Cn1ccc2ccccc21)N1CCCC(Cc2nc(-c3ccccc3F)no2)C1. The molecule has 5 rings (SSSR count). The lowest BCUT2D eigenvalue weighted by Gasteiger charge is -2.32. The Hall–Kier alpha value is -3.48. The molecule has 3 heterocycles. The molecule has 1 saturated heterocycles. The lowest BCUT2D eigenvalue weighted by Crippen LogP contribution is -2.42. The fraction of sp³-hybridized carbons (Fsp3) is 0.292. The molecule has 0 radical (unpaired) electrons. The number of carbonyl (C=O) groups is 1. The molecule has 31 heavy (non-hydrogen) atoms. The largest absolute Gasteiger partial charge is 0.341 e. The van der Waals surface area contributed by atoms with Gasteiger partial charge in [0.05, 0.1) is 5.56 Å². The van der Waals surface area contributed by atoms with Crippen LogP contribution in [0.4, 0.5) is 4.39 Å². The van der Waals surface area contributed by atoms with E-state index in [-0.39, 0.29) is 23.5 Å². The molecule has 1 aliphatic rings. The molecule has 1 atom stereocenters. The van der Waals surface area contributed by atoms with Crippen LogP contribution in [0.25, 0.3) is 22.3 Å². The first-order chi connectivity index (χ1) is 15.2. The Balaban J connectivity index is 1.23. The third kappa shape index (κ3) is 4.08. The molecule has 0 N–H and O–H groups in total. The van der Waals surface area contributed by atoms with Crippen LogP contribution >= 0.6 is 0 Å². The standard InChI is InChI=1S/C24H23FN4O2/c25-20-9-3-2-8-19(20)24-26-22(31-27-24)14-17-6-5-12-29(15-17)23(30)16-28-13-11-18-7-1-4-10-21(18)28/h1-4,7-11,13,17H,5-6,12,14-16H2. The van der Waals surface area contributed by atoms with Crippen LogP contribution in [0.5, 0.6) is 0 Å². The summed E-state index contributed by atoms with van der Waals surface area (Å²) in [5.41, 5.74) is 1.40. The number of aromatic nitrogens is 3. The van der Waals surface area contributed by atoms with E-state index in [4.69, 9.17) is 4.52 Å². The van der Waals surface area contributed by atoms with Crippen LogP contribution in [0, 0.1) is 11.7 Å². The summed E-state index contributed by atoms with van der Waals surface area (Å²) in [5.74, 6) is 0.726. The maximum absolute atomic E-state index is 14.0. The molecule has 0 bridgehead atoms. The van der Waals surface area contributed by atoms with Crippen LogP contribution in [0.1, 0.15) is 18.7 Å². The monoisotopic (exact) mass is 418 g/mol. The van der Waals surface area contributed by atoms with Gasteiger partial charge >= 0.3 is 0 Å². The fourth-order valence-electron chi connectivity index (χ4n) is 4.32. The predicted molar refractivity (Wildman–Crippen MR) is 115 cm³/mol. The molecule has 7 heteroatoms. The topological polar surface area (TPSA) is 64.2 Å². The first kappa shape index (κ1) is 19.5. The second kappa shape index (κ2) is 8.34. The quantitative estimate of drug-likeness (QED) is 0.484. The molecule has 1 fully saturated rings. The van der Waals surface area contributed by atoms with Gasteiger partial charge < -0.3 is 14.0 Å². The summed E-state index contributed by atoms with van der Waals surface area (Å²) in [5, 5.41) is 5.07. The molecular formula is C24H23FN4O2. The van der Waals surface area contributed by atoms with Crippen molar-refractivity contribution in [3.05, 3.63) is 72.5 Å². The van der Waals surface area contributed by atoms with E-state index in [1.54, 1.807) is 18.2 Å². The minimum Gasteiger partial charge on any atom is -0.341 e. The van der Waals surface area contributed by atoms with Crippen molar-refractivity contribution in [3.8, 4) is 11.4 Å². The van der Waals surface area contributed by atoms with Crippen molar-refractivity contribution in [1.29, 1.82) is 0 Å². The van der Waals surface area contributed by atoms with Gasteiger partial charge in [-0.25, -0.2) is 4.39 Å². The summed E-state index contributed by atoms with van der Waals surface area (Å²) in [7, 11) is 0. The first-order valence-corrected chi connectivity index (χ1v) is 10.6. The van der Waals surface area contributed by atoms with E-state index in [0.29, 0.717) is 31.0 Å². The summed E-state index contributed by atoms with van der Waals surface area (Å²) in [6.07, 6.45) is 4.48. The van der Waals surface area contributed by atoms with Crippen molar-refractivity contribution in [2.45, 2.75) is 25.8 Å². The van der Waals surface area contributed by atoms with Gasteiger partial charge in [0.2, 0.25) is 17.6 Å². The number of rotatable bonds is 5. The smallest absolute Gasteiger partial charge is 0.242 e. The average Bonchev–Trinajstić information content (AvgIpc) is 3.42. The Labute approximate surface area is 179 Å². The zero-order valence-electron chi connectivity index (χ0n) is 17.1. The molecule has 6 nitrogen and oxygen atoms in total. The number of carbonyl (C=O) groups excluding carboxylic acids is 1. The third-order valence-corrected chi connectivity index (χ3v) is 5.90. The summed E-state index contributed by atoms with van der Waals surface area (Å²) in [6.45, 7) is 1.76. The molecule has 2 aromatic heterocycles. The molecule has 4 aromatic rings. The van der Waals surface area contributed by atoms with Crippen molar-refractivity contribution in [1.82, 2.24) is 19.6 Å². The van der Waals surface area contributed by atoms with E-state index in [0.717, 1.165) is 30.3 Å². The molecule has 1 unspecified atom stereocenters. The van der Waals surface area contributed by atoms with Gasteiger partial charge in [-0.05, 0) is 48.4 Å². The zero-order chi connectivity index (χ0) is 21.2. The number of likely N-dealkylation sites (tertiary alicyclic amines) is 1. The van der Waals surface area contributed by atoms with Gasteiger partial charge in [-0.15, -0.1) is 0 Å². The Morgan fingerprint density at radius 3 is 2.87 bits per heavy atom. The maximum Gasteiger partial charge on any atom is 0.242 e. The van der Waals surface area contributed by atoms with Crippen molar-refractivity contribution in [3.63, 3.8) is 0 Å². The number of amides is 1. The van der Waals surface area contributed by atoms with Gasteiger partial charge in [0.15, 0.2) is 0 Å². The van der Waals surface area contributed by atoms with Crippen LogP contribution in [-0.2, 0) is 17.8 Å². The number of para-hydroxylation sites is 1. The molecular weight excluding hydrogens is 395 g/mol. The van der Waals surface area contributed by atoms with Gasteiger partial charge in [0.1, 0.15) is 12.4 Å². The van der Waals surface area contributed by atoms with Crippen LogP contribution in [-0.4, -0.2) is 38.6 Å². The van der Waals surface area contributed by atoms with E-state index < -0.39 is 0 Å². The number of fused-ring (bicyclic) bond motifs is 1. The molecule has 0 spiro atoms. The highest BCUT2D eigenvalue weighted by Gasteiger charge is 2.26. The number of hydrogen-bond acceptors (Lipinski definition) is 4. The van der Waals surface area contributed by atoms with E-state index in [1.807, 2.05) is 46.0 Å².